The van der Waals surface area contributed by atoms with E-state index in [2.05, 4.69) is 58.4 Å². The number of hydrogen-bond donors (Lipinski definition) is 0. The van der Waals surface area contributed by atoms with Gasteiger partial charge in [0.05, 0.1) is 0 Å². The van der Waals surface area contributed by atoms with E-state index < -0.39 is 0 Å². The third-order valence-corrected chi connectivity index (χ3v) is 8.27. The molecular formula is C23H23Br. The molecule has 2 aromatic carbocycles. The van der Waals surface area contributed by atoms with Crippen molar-refractivity contribution in [2.75, 3.05) is 0 Å². The lowest BCUT2D eigenvalue weighted by Gasteiger charge is -2.40. The molecule has 0 aromatic heterocycles. The van der Waals surface area contributed by atoms with Crippen molar-refractivity contribution >= 4 is 15.9 Å². The molecule has 5 aliphatic rings. The summed E-state index contributed by atoms with van der Waals surface area (Å²) in [6.07, 6.45) is 7.49. The molecule has 122 valence electrons. The molecule has 0 amide bonds. The molecule has 0 radical (unpaired) electrons. The van der Waals surface area contributed by atoms with Crippen molar-refractivity contribution in [2.45, 2.75) is 43.9 Å². The minimum Gasteiger partial charge on any atom is -0.0619 e. The first-order valence-corrected chi connectivity index (χ1v) is 10.5. The van der Waals surface area contributed by atoms with Crippen LogP contribution in [-0.2, 0) is 0 Å². The lowest BCUT2D eigenvalue weighted by molar-refractivity contribution is 0.129. The second-order valence-corrected chi connectivity index (χ2v) is 9.63. The van der Waals surface area contributed by atoms with Crippen molar-refractivity contribution in [3.05, 3.63) is 58.1 Å². The van der Waals surface area contributed by atoms with Crippen LogP contribution in [0.4, 0.5) is 0 Å². The Morgan fingerprint density at radius 1 is 0.667 bits per heavy atom. The Hall–Kier alpha value is -1.08. The molecule has 0 heterocycles. The Morgan fingerprint density at radius 3 is 2.04 bits per heavy atom. The van der Waals surface area contributed by atoms with Crippen molar-refractivity contribution in [1.29, 1.82) is 0 Å². The monoisotopic (exact) mass is 378 g/mol. The van der Waals surface area contributed by atoms with Gasteiger partial charge in [-0.05, 0) is 95.9 Å². The molecule has 0 aliphatic heterocycles. The number of fused-ring (bicyclic) bond motifs is 3. The van der Waals surface area contributed by atoms with Crippen LogP contribution in [0.1, 0.15) is 55.1 Å². The normalized spacial score (nSPS) is 38.2. The Morgan fingerprint density at radius 2 is 1.29 bits per heavy atom. The van der Waals surface area contributed by atoms with Crippen LogP contribution in [0.2, 0.25) is 0 Å². The number of benzene rings is 2. The quantitative estimate of drug-likeness (QED) is 0.475. The third kappa shape index (κ3) is 1.80. The number of halogens is 1. The highest BCUT2D eigenvalue weighted by Crippen LogP contribution is 2.65. The molecular weight excluding hydrogens is 356 g/mol. The average Bonchev–Trinajstić information content (AvgIpc) is 2.76. The fraction of sp³-hybridized carbons (Fsp3) is 0.478. The summed E-state index contributed by atoms with van der Waals surface area (Å²) >= 11 is 3.88. The summed E-state index contributed by atoms with van der Waals surface area (Å²) in [5.74, 6) is 5.38. The van der Waals surface area contributed by atoms with Crippen molar-refractivity contribution < 1.29 is 0 Å². The summed E-state index contributed by atoms with van der Waals surface area (Å²) in [4.78, 5) is 0. The van der Waals surface area contributed by atoms with Crippen LogP contribution in [-0.4, -0.2) is 0 Å². The zero-order valence-electron chi connectivity index (χ0n) is 13.9. The minimum atomic E-state index is 0.757. The van der Waals surface area contributed by atoms with Crippen molar-refractivity contribution in [2.24, 2.45) is 23.7 Å². The Balaban J connectivity index is 1.66. The molecule has 0 N–H and O–H groups in total. The van der Waals surface area contributed by atoms with E-state index in [1.807, 2.05) is 0 Å². The Bertz CT molecular complexity index is 809. The van der Waals surface area contributed by atoms with Crippen LogP contribution in [0.15, 0.2) is 46.9 Å². The first kappa shape index (κ1) is 14.1. The van der Waals surface area contributed by atoms with E-state index in [1.165, 1.54) is 47.7 Å². The van der Waals surface area contributed by atoms with Crippen LogP contribution in [0.5, 0.6) is 0 Å². The molecule has 7 rings (SSSR count). The van der Waals surface area contributed by atoms with Crippen molar-refractivity contribution in [3.8, 4) is 11.1 Å². The van der Waals surface area contributed by atoms with Gasteiger partial charge in [-0.25, -0.2) is 0 Å². The standard InChI is InChI=1S/C23H23Br/c24-20-7-3-6-19-22-16-11-13-8-14(12-16)10-15(9-13)21(22)17-4-1-2-5-18(17)23(19)20/h1-7,13-16,21-22H,8-12H2. The average molecular weight is 379 g/mol. The first-order chi connectivity index (χ1) is 11.8. The van der Waals surface area contributed by atoms with Gasteiger partial charge in [-0.15, -0.1) is 0 Å². The van der Waals surface area contributed by atoms with E-state index in [0.717, 1.165) is 35.5 Å². The van der Waals surface area contributed by atoms with Crippen LogP contribution in [0.3, 0.4) is 0 Å². The molecule has 1 heteroatoms. The largest absolute Gasteiger partial charge is 0.0619 e. The second kappa shape index (κ2) is 4.97. The highest BCUT2D eigenvalue weighted by molar-refractivity contribution is 9.10. The van der Waals surface area contributed by atoms with Crippen LogP contribution in [0.25, 0.3) is 11.1 Å². The summed E-state index contributed by atoms with van der Waals surface area (Å²) in [6, 6.07) is 16.3. The number of rotatable bonds is 0. The van der Waals surface area contributed by atoms with Crippen LogP contribution in [0, 0.1) is 23.7 Å². The highest BCUT2D eigenvalue weighted by Gasteiger charge is 2.51. The molecule has 4 saturated carbocycles. The van der Waals surface area contributed by atoms with E-state index in [1.54, 1.807) is 11.1 Å². The molecule has 2 aromatic rings. The molecule has 0 saturated heterocycles. The van der Waals surface area contributed by atoms with Gasteiger partial charge in [0.2, 0.25) is 0 Å². The van der Waals surface area contributed by atoms with E-state index in [0.29, 0.717) is 0 Å². The topological polar surface area (TPSA) is 0 Å². The summed E-state index contributed by atoms with van der Waals surface area (Å²) in [5.41, 5.74) is 6.30. The van der Waals surface area contributed by atoms with Gasteiger partial charge in [-0.2, -0.15) is 0 Å². The predicted molar refractivity (Wildman–Crippen MR) is 102 cm³/mol. The van der Waals surface area contributed by atoms with Gasteiger partial charge in [-0.1, -0.05) is 52.3 Å². The van der Waals surface area contributed by atoms with Gasteiger partial charge in [0.1, 0.15) is 0 Å². The van der Waals surface area contributed by atoms with Gasteiger partial charge in [-0.3, -0.25) is 0 Å². The van der Waals surface area contributed by atoms with E-state index >= 15 is 0 Å². The fourth-order valence-corrected chi connectivity index (χ4v) is 7.73. The molecule has 5 aliphatic carbocycles. The molecule has 0 nitrogen and oxygen atoms in total. The molecule has 4 bridgehead atoms. The Kier molecular flexibility index (Phi) is 2.93. The summed E-state index contributed by atoms with van der Waals surface area (Å²) in [5, 5.41) is 0. The smallest absolute Gasteiger partial charge is 0.0256 e. The Labute approximate surface area is 152 Å². The van der Waals surface area contributed by atoms with Crippen molar-refractivity contribution in [1.82, 2.24) is 0 Å². The van der Waals surface area contributed by atoms with Gasteiger partial charge in [0.15, 0.2) is 0 Å². The zero-order valence-corrected chi connectivity index (χ0v) is 15.5. The lowest BCUT2D eigenvalue weighted by atomic mass is 9.64. The molecule has 4 unspecified atom stereocenters. The maximum absolute atomic E-state index is 3.88. The maximum atomic E-state index is 3.88. The highest BCUT2D eigenvalue weighted by atomic mass is 79.9. The maximum Gasteiger partial charge on any atom is 0.0256 e. The predicted octanol–water partition coefficient (Wildman–Crippen LogP) is 6.75. The minimum absolute atomic E-state index is 0.757. The van der Waals surface area contributed by atoms with E-state index in [4.69, 9.17) is 0 Å². The number of hydrogen-bond acceptors (Lipinski definition) is 0. The van der Waals surface area contributed by atoms with E-state index in [9.17, 15) is 0 Å². The van der Waals surface area contributed by atoms with Gasteiger partial charge >= 0.3 is 0 Å². The lowest BCUT2D eigenvalue weighted by Crippen LogP contribution is -2.27. The first-order valence-electron chi connectivity index (χ1n) is 9.67. The van der Waals surface area contributed by atoms with Crippen molar-refractivity contribution in [3.63, 3.8) is 0 Å². The fourth-order valence-electron chi connectivity index (χ4n) is 7.14. The van der Waals surface area contributed by atoms with Gasteiger partial charge < -0.3 is 0 Å². The summed E-state index contributed by atoms with van der Waals surface area (Å²) in [6.45, 7) is 0. The van der Waals surface area contributed by atoms with Crippen LogP contribution < -0.4 is 0 Å². The zero-order chi connectivity index (χ0) is 15.8. The van der Waals surface area contributed by atoms with E-state index in [-0.39, 0.29) is 0 Å². The third-order valence-electron chi connectivity index (χ3n) is 7.61. The SMILES string of the molecule is Brc1cccc2c1-c1ccccc1C1C3CC4CC(C3)CC(C4)C21. The molecule has 24 heavy (non-hydrogen) atoms. The molecule has 4 fully saturated rings. The summed E-state index contributed by atoms with van der Waals surface area (Å²) in [7, 11) is 0. The van der Waals surface area contributed by atoms with Gasteiger partial charge in [0, 0.05) is 4.47 Å². The molecule has 0 spiro atoms. The second-order valence-electron chi connectivity index (χ2n) is 8.77. The van der Waals surface area contributed by atoms with Gasteiger partial charge in [0.25, 0.3) is 0 Å². The van der Waals surface area contributed by atoms with Crippen LogP contribution >= 0.6 is 15.9 Å². The molecule has 4 atom stereocenters. The summed E-state index contributed by atoms with van der Waals surface area (Å²) < 4.78 is 1.29.